The van der Waals surface area contributed by atoms with Gasteiger partial charge in [-0.15, -0.1) is 0 Å². The maximum absolute atomic E-state index is 3.58. The third kappa shape index (κ3) is 3.62. The summed E-state index contributed by atoms with van der Waals surface area (Å²) in [6, 6.07) is 10.0. The molecule has 0 saturated heterocycles. The van der Waals surface area contributed by atoms with E-state index in [0.29, 0.717) is 12.1 Å². The van der Waals surface area contributed by atoms with Crippen LogP contribution in [-0.2, 0) is 6.42 Å². The SMILES string of the molecule is CNC1c2ccccc2CCCC1N(C)CCC(C)C. The van der Waals surface area contributed by atoms with Crippen molar-refractivity contribution in [1.29, 1.82) is 0 Å². The normalized spacial score (nSPS) is 22.9. The Hall–Kier alpha value is -0.860. The summed E-state index contributed by atoms with van der Waals surface area (Å²) in [6.45, 7) is 5.82. The van der Waals surface area contributed by atoms with E-state index in [1.54, 1.807) is 0 Å². The van der Waals surface area contributed by atoms with Gasteiger partial charge in [0.25, 0.3) is 0 Å². The van der Waals surface area contributed by atoms with Gasteiger partial charge in [-0.1, -0.05) is 38.1 Å². The fraction of sp³-hybridized carbons (Fsp3) is 0.667. The molecule has 1 aliphatic rings. The minimum atomic E-state index is 0.464. The van der Waals surface area contributed by atoms with Gasteiger partial charge in [-0.05, 0) is 63.4 Å². The van der Waals surface area contributed by atoms with E-state index in [-0.39, 0.29) is 0 Å². The van der Waals surface area contributed by atoms with Gasteiger partial charge in [0.2, 0.25) is 0 Å². The van der Waals surface area contributed by atoms with E-state index in [2.05, 4.69) is 62.4 Å². The lowest BCUT2D eigenvalue weighted by molar-refractivity contribution is 0.178. The average Bonchev–Trinajstić information content (AvgIpc) is 2.63. The monoisotopic (exact) mass is 274 g/mol. The van der Waals surface area contributed by atoms with Crippen molar-refractivity contribution in [3.63, 3.8) is 0 Å². The van der Waals surface area contributed by atoms with Crippen LogP contribution in [0, 0.1) is 5.92 Å². The van der Waals surface area contributed by atoms with Crippen molar-refractivity contribution < 1.29 is 0 Å². The first-order chi connectivity index (χ1) is 9.63. The first-order valence-corrected chi connectivity index (χ1v) is 8.08. The Labute approximate surface area is 124 Å². The van der Waals surface area contributed by atoms with E-state index in [1.807, 2.05) is 0 Å². The largest absolute Gasteiger partial charge is 0.312 e. The second-order valence-corrected chi connectivity index (χ2v) is 6.59. The predicted molar refractivity (Wildman–Crippen MR) is 87.1 cm³/mol. The van der Waals surface area contributed by atoms with Gasteiger partial charge < -0.3 is 10.2 Å². The molecule has 2 unspecified atom stereocenters. The van der Waals surface area contributed by atoms with Gasteiger partial charge in [-0.3, -0.25) is 0 Å². The Balaban J connectivity index is 2.16. The van der Waals surface area contributed by atoms with Gasteiger partial charge in [-0.2, -0.15) is 0 Å². The molecule has 0 fully saturated rings. The highest BCUT2D eigenvalue weighted by Crippen LogP contribution is 2.31. The number of hydrogen-bond donors (Lipinski definition) is 1. The molecule has 0 radical (unpaired) electrons. The molecule has 1 N–H and O–H groups in total. The van der Waals surface area contributed by atoms with Crippen molar-refractivity contribution in [3.8, 4) is 0 Å². The molecule has 0 aromatic heterocycles. The number of nitrogens with zero attached hydrogens (tertiary/aromatic N) is 1. The number of likely N-dealkylation sites (N-methyl/N-ethyl adjacent to an activating group) is 2. The van der Waals surface area contributed by atoms with Gasteiger partial charge in [0.1, 0.15) is 0 Å². The lowest BCUT2D eigenvalue weighted by Gasteiger charge is -2.34. The summed E-state index contributed by atoms with van der Waals surface area (Å²) in [4.78, 5) is 2.57. The summed E-state index contributed by atoms with van der Waals surface area (Å²) in [7, 11) is 4.40. The summed E-state index contributed by atoms with van der Waals surface area (Å²) < 4.78 is 0. The Bertz CT molecular complexity index is 414. The van der Waals surface area contributed by atoms with Crippen molar-refractivity contribution in [2.75, 3.05) is 20.6 Å². The number of fused-ring (bicyclic) bond motifs is 1. The maximum atomic E-state index is 3.58. The van der Waals surface area contributed by atoms with Crippen LogP contribution < -0.4 is 5.32 Å². The van der Waals surface area contributed by atoms with Crippen LogP contribution in [0.4, 0.5) is 0 Å². The van der Waals surface area contributed by atoms with Crippen LogP contribution >= 0.6 is 0 Å². The standard InChI is InChI=1S/C18H30N2/c1-14(2)12-13-20(4)17-11-7-9-15-8-5-6-10-16(15)18(17)19-3/h5-6,8,10,14,17-19H,7,9,11-13H2,1-4H3. The van der Waals surface area contributed by atoms with Crippen LogP contribution in [0.15, 0.2) is 24.3 Å². The Morgan fingerprint density at radius 1 is 1.30 bits per heavy atom. The number of hydrogen-bond acceptors (Lipinski definition) is 2. The van der Waals surface area contributed by atoms with Crippen molar-refractivity contribution in [2.24, 2.45) is 5.92 Å². The minimum absolute atomic E-state index is 0.464. The van der Waals surface area contributed by atoms with Crippen molar-refractivity contribution >= 4 is 0 Å². The summed E-state index contributed by atoms with van der Waals surface area (Å²) in [5.74, 6) is 0.781. The van der Waals surface area contributed by atoms with Crippen LogP contribution in [0.1, 0.15) is 50.3 Å². The minimum Gasteiger partial charge on any atom is -0.312 e. The summed E-state index contributed by atoms with van der Waals surface area (Å²) in [5.41, 5.74) is 3.04. The first-order valence-electron chi connectivity index (χ1n) is 8.08. The summed E-state index contributed by atoms with van der Waals surface area (Å²) >= 11 is 0. The molecule has 0 bridgehead atoms. The predicted octanol–water partition coefficient (Wildman–Crippen LogP) is 3.63. The van der Waals surface area contributed by atoms with Crippen molar-refractivity contribution in [1.82, 2.24) is 10.2 Å². The zero-order valence-electron chi connectivity index (χ0n) is 13.5. The van der Waals surface area contributed by atoms with Gasteiger partial charge >= 0.3 is 0 Å². The fourth-order valence-electron chi connectivity index (χ4n) is 3.39. The molecule has 0 amide bonds. The Morgan fingerprint density at radius 3 is 2.75 bits per heavy atom. The zero-order chi connectivity index (χ0) is 14.5. The Kier molecular flexibility index (Phi) is 5.62. The highest BCUT2D eigenvalue weighted by atomic mass is 15.2. The molecule has 0 aliphatic heterocycles. The molecular weight excluding hydrogens is 244 g/mol. The highest BCUT2D eigenvalue weighted by Gasteiger charge is 2.29. The zero-order valence-corrected chi connectivity index (χ0v) is 13.5. The van der Waals surface area contributed by atoms with Crippen LogP contribution in [0.5, 0.6) is 0 Å². The van der Waals surface area contributed by atoms with E-state index in [1.165, 1.54) is 43.4 Å². The number of benzene rings is 1. The molecule has 2 atom stereocenters. The lowest BCUT2D eigenvalue weighted by Crippen LogP contribution is -2.42. The molecule has 2 heteroatoms. The van der Waals surface area contributed by atoms with Gasteiger partial charge in [0, 0.05) is 12.1 Å². The van der Waals surface area contributed by atoms with Gasteiger partial charge in [-0.25, -0.2) is 0 Å². The average molecular weight is 274 g/mol. The maximum Gasteiger partial charge on any atom is 0.0478 e. The van der Waals surface area contributed by atoms with Crippen molar-refractivity contribution in [2.45, 2.75) is 51.6 Å². The summed E-state index contributed by atoms with van der Waals surface area (Å²) in [6.07, 6.45) is 5.09. The van der Waals surface area contributed by atoms with Gasteiger partial charge in [0.15, 0.2) is 0 Å². The second-order valence-electron chi connectivity index (χ2n) is 6.59. The van der Waals surface area contributed by atoms with Gasteiger partial charge in [0.05, 0.1) is 0 Å². The van der Waals surface area contributed by atoms with E-state index in [9.17, 15) is 0 Å². The van der Waals surface area contributed by atoms with E-state index in [0.717, 1.165) is 5.92 Å². The summed E-state index contributed by atoms with van der Waals surface area (Å²) in [5, 5.41) is 3.58. The third-order valence-electron chi connectivity index (χ3n) is 4.66. The fourth-order valence-corrected chi connectivity index (χ4v) is 3.39. The molecule has 2 nitrogen and oxygen atoms in total. The Morgan fingerprint density at radius 2 is 2.05 bits per heavy atom. The molecule has 0 heterocycles. The molecular formula is C18H30N2. The van der Waals surface area contributed by atoms with E-state index < -0.39 is 0 Å². The first kappa shape index (κ1) is 15.5. The molecule has 112 valence electrons. The smallest absolute Gasteiger partial charge is 0.0478 e. The highest BCUT2D eigenvalue weighted by molar-refractivity contribution is 5.32. The van der Waals surface area contributed by atoms with Crippen LogP contribution in [-0.4, -0.2) is 31.6 Å². The molecule has 20 heavy (non-hydrogen) atoms. The number of nitrogens with one attached hydrogen (secondary N) is 1. The molecule has 0 spiro atoms. The lowest BCUT2D eigenvalue weighted by atomic mass is 9.95. The number of rotatable bonds is 5. The van der Waals surface area contributed by atoms with Crippen LogP contribution in [0.3, 0.4) is 0 Å². The third-order valence-corrected chi connectivity index (χ3v) is 4.66. The topological polar surface area (TPSA) is 15.3 Å². The molecule has 2 rings (SSSR count). The van der Waals surface area contributed by atoms with Crippen molar-refractivity contribution in [3.05, 3.63) is 35.4 Å². The van der Waals surface area contributed by atoms with E-state index >= 15 is 0 Å². The number of aryl methyl sites for hydroxylation is 1. The van der Waals surface area contributed by atoms with Crippen LogP contribution in [0.25, 0.3) is 0 Å². The molecule has 1 aromatic rings. The molecule has 0 saturated carbocycles. The molecule has 1 aliphatic carbocycles. The second kappa shape index (κ2) is 7.24. The van der Waals surface area contributed by atoms with Crippen LogP contribution in [0.2, 0.25) is 0 Å². The quantitative estimate of drug-likeness (QED) is 0.825. The van der Waals surface area contributed by atoms with E-state index in [4.69, 9.17) is 0 Å². The molecule has 1 aromatic carbocycles.